The average molecular weight is 271 g/mol. The van der Waals surface area contributed by atoms with Crippen molar-refractivity contribution in [3.8, 4) is 0 Å². The van der Waals surface area contributed by atoms with Gasteiger partial charge in [0.05, 0.1) is 5.56 Å². The lowest BCUT2D eigenvalue weighted by Crippen LogP contribution is -2.35. The van der Waals surface area contributed by atoms with Crippen molar-refractivity contribution in [3.05, 3.63) is 35.1 Å². The molecule has 0 bridgehead atoms. The highest BCUT2D eigenvalue weighted by molar-refractivity contribution is 5.94. The molecule has 1 aromatic carbocycles. The summed E-state index contributed by atoms with van der Waals surface area (Å²) < 4.78 is 39.3. The van der Waals surface area contributed by atoms with Crippen LogP contribution in [0.2, 0.25) is 0 Å². The molecule has 2 rings (SSSR count). The van der Waals surface area contributed by atoms with Gasteiger partial charge in [-0.05, 0) is 25.0 Å². The number of amides is 1. The SMILES string of the molecule is O=C(NC1CCCCCC1)c1ccc(F)c(F)c1F. The van der Waals surface area contributed by atoms with Crippen molar-refractivity contribution < 1.29 is 18.0 Å². The first-order valence-electron chi connectivity index (χ1n) is 6.54. The maximum atomic E-state index is 13.5. The van der Waals surface area contributed by atoms with Gasteiger partial charge in [0.2, 0.25) is 0 Å². The lowest BCUT2D eigenvalue weighted by atomic mass is 10.1. The minimum atomic E-state index is -1.60. The van der Waals surface area contributed by atoms with E-state index in [1.807, 2.05) is 0 Å². The normalized spacial score (nSPS) is 17.0. The van der Waals surface area contributed by atoms with Crippen molar-refractivity contribution in [1.82, 2.24) is 5.32 Å². The van der Waals surface area contributed by atoms with E-state index in [0.717, 1.165) is 50.7 Å². The molecule has 0 atom stereocenters. The average Bonchev–Trinajstić information content (AvgIpc) is 2.64. The van der Waals surface area contributed by atoms with Crippen molar-refractivity contribution in [2.45, 2.75) is 44.6 Å². The monoisotopic (exact) mass is 271 g/mol. The number of hydrogen-bond acceptors (Lipinski definition) is 1. The molecular formula is C14H16F3NO. The predicted octanol–water partition coefficient (Wildman–Crippen LogP) is 3.56. The number of rotatable bonds is 2. The van der Waals surface area contributed by atoms with E-state index in [2.05, 4.69) is 5.32 Å². The summed E-state index contributed by atoms with van der Waals surface area (Å²) in [5, 5.41) is 2.69. The minimum absolute atomic E-state index is 0.0116. The maximum absolute atomic E-state index is 13.5. The molecule has 1 aromatic rings. The van der Waals surface area contributed by atoms with Crippen molar-refractivity contribution in [1.29, 1.82) is 0 Å². The fraction of sp³-hybridized carbons (Fsp3) is 0.500. The van der Waals surface area contributed by atoms with Gasteiger partial charge in [-0.1, -0.05) is 25.7 Å². The molecule has 5 heteroatoms. The maximum Gasteiger partial charge on any atom is 0.254 e. The van der Waals surface area contributed by atoms with Crippen LogP contribution in [-0.4, -0.2) is 11.9 Å². The van der Waals surface area contributed by atoms with Gasteiger partial charge in [-0.2, -0.15) is 0 Å². The molecule has 2 nitrogen and oxygen atoms in total. The van der Waals surface area contributed by atoms with Crippen LogP contribution in [0.1, 0.15) is 48.9 Å². The van der Waals surface area contributed by atoms with Gasteiger partial charge >= 0.3 is 0 Å². The highest BCUT2D eigenvalue weighted by Gasteiger charge is 2.21. The van der Waals surface area contributed by atoms with Crippen LogP contribution in [0.15, 0.2) is 12.1 Å². The third-order valence-electron chi connectivity index (χ3n) is 3.47. The second kappa shape index (κ2) is 6.08. The summed E-state index contributed by atoms with van der Waals surface area (Å²) in [6.45, 7) is 0. The Morgan fingerprint density at radius 3 is 2.26 bits per heavy atom. The molecule has 1 saturated carbocycles. The zero-order valence-corrected chi connectivity index (χ0v) is 10.5. The van der Waals surface area contributed by atoms with E-state index in [-0.39, 0.29) is 6.04 Å². The lowest BCUT2D eigenvalue weighted by Gasteiger charge is -2.16. The fourth-order valence-electron chi connectivity index (χ4n) is 2.39. The highest BCUT2D eigenvalue weighted by atomic mass is 19.2. The van der Waals surface area contributed by atoms with Crippen LogP contribution in [0.4, 0.5) is 13.2 Å². The Morgan fingerprint density at radius 2 is 1.63 bits per heavy atom. The van der Waals surface area contributed by atoms with E-state index in [4.69, 9.17) is 0 Å². The van der Waals surface area contributed by atoms with Crippen LogP contribution < -0.4 is 5.32 Å². The number of nitrogens with one attached hydrogen (secondary N) is 1. The fourth-order valence-corrected chi connectivity index (χ4v) is 2.39. The largest absolute Gasteiger partial charge is 0.349 e. The zero-order chi connectivity index (χ0) is 13.8. The van der Waals surface area contributed by atoms with Gasteiger partial charge in [0, 0.05) is 6.04 Å². The zero-order valence-electron chi connectivity index (χ0n) is 10.5. The molecule has 0 unspecified atom stereocenters. The van der Waals surface area contributed by atoms with E-state index < -0.39 is 28.9 Å². The second-order valence-electron chi connectivity index (χ2n) is 4.88. The van der Waals surface area contributed by atoms with Gasteiger partial charge in [0.25, 0.3) is 5.91 Å². The number of carbonyl (C=O) groups is 1. The lowest BCUT2D eigenvalue weighted by molar-refractivity contribution is 0.0928. The van der Waals surface area contributed by atoms with Crippen LogP contribution in [0.25, 0.3) is 0 Å². The quantitative estimate of drug-likeness (QED) is 0.646. The van der Waals surface area contributed by atoms with Gasteiger partial charge in [-0.3, -0.25) is 4.79 Å². The molecule has 0 heterocycles. The van der Waals surface area contributed by atoms with Crippen molar-refractivity contribution in [2.24, 2.45) is 0 Å². The molecule has 1 amide bonds. The Kier molecular flexibility index (Phi) is 4.45. The van der Waals surface area contributed by atoms with E-state index in [0.29, 0.717) is 0 Å². The molecule has 1 aliphatic rings. The van der Waals surface area contributed by atoms with Crippen LogP contribution in [-0.2, 0) is 0 Å². The van der Waals surface area contributed by atoms with Gasteiger partial charge in [-0.15, -0.1) is 0 Å². The van der Waals surface area contributed by atoms with Gasteiger partial charge in [0.15, 0.2) is 17.5 Å². The molecule has 19 heavy (non-hydrogen) atoms. The molecule has 1 aliphatic carbocycles. The van der Waals surface area contributed by atoms with E-state index in [1.165, 1.54) is 0 Å². The Hall–Kier alpha value is -1.52. The van der Waals surface area contributed by atoms with E-state index in [9.17, 15) is 18.0 Å². The Labute approximate surface area is 110 Å². The van der Waals surface area contributed by atoms with Crippen LogP contribution >= 0.6 is 0 Å². The van der Waals surface area contributed by atoms with Crippen molar-refractivity contribution >= 4 is 5.91 Å². The topological polar surface area (TPSA) is 29.1 Å². The summed E-state index contributed by atoms with van der Waals surface area (Å²) in [4.78, 5) is 11.9. The number of benzene rings is 1. The van der Waals surface area contributed by atoms with E-state index >= 15 is 0 Å². The summed E-state index contributed by atoms with van der Waals surface area (Å²) >= 11 is 0. The van der Waals surface area contributed by atoms with Crippen LogP contribution in [0.3, 0.4) is 0 Å². The number of carbonyl (C=O) groups excluding carboxylic acids is 1. The van der Waals surface area contributed by atoms with Crippen molar-refractivity contribution in [2.75, 3.05) is 0 Å². The van der Waals surface area contributed by atoms with Crippen LogP contribution in [0, 0.1) is 17.5 Å². The number of halogens is 3. The molecule has 0 aliphatic heterocycles. The molecule has 1 N–H and O–H groups in total. The summed E-state index contributed by atoms with van der Waals surface area (Å²) in [5.41, 5.74) is -0.442. The molecule has 0 radical (unpaired) electrons. The Morgan fingerprint density at radius 1 is 1.00 bits per heavy atom. The first-order chi connectivity index (χ1) is 9.09. The van der Waals surface area contributed by atoms with Crippen molar-refractivity contribution in [3.63, 3.8) is 0 Å². The van der Waals surface area contributed by atoms with Gasteiger partial charge in [0.1, 0.15) is 0 Å². The summed E-state index contributed by atoms with van der Waals surface area (Å²) in [6.07, 6.45) is 5.99. The third-order valence-corrected chi connectivity index (χ3v) is 3.47. The first kappa shape index (κ1) is 13.9. The van der Waals surface area contributed by atoms with E-state index in [1.54, 1.807) is 0 Å². The predicted molar refractivity (Wildman–Crippen MR) is 65.3 cm³/mol. The third kappa shape index (κ3) is 3.28. The standard InChI is InChI=1S/C14H16F3NO/c15-11-8-7-10(12(16)13(11)17)14(19)18-9-5-3-1-2-4-6-9/h7-9H,1-6H2,(H,18,19). The first-order valence-corrected chi connectivity index (χ1v) is 6.54. The molecule has 1 fully saturated rings. The number of hydrogen-bond donors (Lipinski definition) is 1. The molecular weight excluding hydrogens is 255 g/mol. The highest BCUT2D eigenvalue weighted by Crippen LogP contribution is 2.19. The molecule has 0 saturated heterocycles. The van der Waals surface area contributed by atoms with Crippen LogP contribution in [0.5, 0.6) is 0 Å². The Bertz CT molecular complexity index is 468. The minimum Gasteiger partial charge on any atom is -0.349 e. The summed E-state index contributed by atoms with van der Waals surface area (Å²) in [5.74, 6) is -4.99. The van der Waals surface area contributed by atoms with Gasteiger partial charge in [-0.25, -0.2) is 13.2 Å². The Balaban J connectivity index is 2.09. The molecule has 0 aromatic heterocycles. The smallest absolute Gasteiger partial charge is 0.254 e. The summed E-state index contributed by atoms with van der Waals surface area (Å²) in [6, 6.07) is 1.72. The summed E-state index contributed by atoms with van der Waals surface area (Å²) in [7, 11) is 0. The molecule has 0 spiro atoms. The van der Waals surface area contributed by atoms with Gasteiger partial charge < -0.3 is 5.32 Å². The molecule has 104 valence electrons. The second-order valence-corrected chi connectivity index (χ2v) is 4.88.